The Bertz CT molecular complexity index is 445. The smallest absolute Gasteiger partial charge is 0.243 e. The summed E-state index contributed by atoms with van der Waals surface area (Å²) in [6, 6.07) is 7.97. The Morgan fingerprint density at radius 1 is 1.22 bits per heavy atom. The van der Waals surface area contributed by atoms with Crippen molar-refractivity contribution in [3.05, 3.63) is 45.6 Å². The van der Waals surface area contributed by atoms with Gasteiger partial charge in [0, 0.05) is 31.8 Å². The minimum atomic E-state index is -0.363. The zero-order valence-corrected chi connectivity index (χ0v) is 10.6. The van der Waals surface area contributed by atoms with Crippen LogP contribution in [0, 0.1) is 10.1 Å². The lowest BCUT2D eigenvalue weighted by atomic mass is 10.1. The molecular formula is C14H18N2O2. The van der Waals surface area contributed by atoms with E-state index in [4.69, 9.17) is 0 Å². The molecule has 0 saturated carbocycles. The maximum absolute atomic E-state index is 10.5. The zero-order chi connectivity index (χ0) is 13.0. The number of piperidine rings is 1. The van der Waals surface area contributed by atoms with Crippen molar-refractivity contribution in [3.8, 4) is 0 Å². The van der Waals surface area contributed by atoms with Crippen LogP contribution in [0.3, 0.4) is 0 Å². The SMILES string of the molecule is CC(=Cc1ccc(N2CCCCC2)cc1)[N+](=O)[O-]. The molecule has 1 aromatic rings. The van der Waals surface area contributed by atoms with Crippen molar-refractivity contribution in [2.75, 3.05) is 18.0 Å². The van der Waals surface area contributed by atoms with E-state index in [0.717, 1.165) is 18.7 Å². The maximum Gasteiger partial charge on any atom is 0.243 e. The molecule has 96 valence electrons. The average Bonchev–Trinajstić information content (AvgIpc) is 2.40. The van der Waals surface area contributed by atoms with Crippen LogP contribution in [0.25, 0.3) is 6.08 Å². The molecule has 0 atom stereocenters. The molecule has 0 aliphatic carbocycles. The number of benzene rings is 1. The fourth-order valence-corrected chi connectivity index (χ4v) is 2.23. The van der Waals surface area contributed by atoms with Gasteiger partial charge < -0.3 is 4.90 Å². The van der Waals surface area contributed by atoms with Crippen LogP contribution < -0.4 is 4.90 Å². The van der Waals surface area contributed by atoms with Crippen molar-refractivity contribution in [2.45, 2.75) is 26.2 Å². The van der Waals surface area contributed by atoms with Gasteiger partial charge in [-0.3, -0.25) is 10.1 Å². The second-order valence-corrected chi connectivity index (χ2v) is 4.68. The number of hydrogen-bond donors (Lipinski definition) is 0. The van der Waals surface area contributed by atoms with E-state index in [1.807, 2.05) is 24.3 Å². The lowest BCUT2D eigenvalue weighted by Gasteiger charge is -2.28. The second-order valence-electron chi connectivity index (χ2n) is 4.68. The minimum Gasteiger partial charge on any atom is -0.372 e. The first-order valence-electron chi connectivity index (χ1n) is 6.34. The molecule has 1 heterocycles. The van der Waals surface area contributed by atoms with Gasteiger partial charge in [0.1, 0.15) is 0 Å². The summed E-state index contributed by atoms with van der Waals surface area (Å²) < 4.78 is 0. The molecule has 18 heavy (non-hydrogen) atoms. The number of nitrogens with zero attached hydrogens (tertiary/aromatic N) is 2. The molecule has 2 rings (SSSR count). The van der Waals surface area contributed by atoms with Crippen molar-refractivity contribution in [3.63, 3.8) is 0 Å². The summed E-state index contributed by atoms with van der Waals surface area (Å²) in [5.74, 6) is 0. The highest BCUT2D eigenvalue weighted by molar-refractivity contribution is 5.56. The van der Waals surface area contributed by atoms with E-state index in [0.29, 0.717) is 0 Å². The van der Waals surface area contributed by atoms with Crippen LogP contribution >= 0.6 is 0 Å². The Hall–Kier alpha value is -1.84. The summed E-state index contributed by atoms with van der Waals surface area (Å²) in [5, 5.41) is 10.5. The number of allylic oxidation sites excluding steroid dienone is 1. The number of rotatable bonds is 3. The van der Waals surface area contributed by atoms with Gasteiger partial charge in [0.05, 0.1) is 4.92 Å². The first-order valence-corrected chi connectivity index (χ1v) is 6.34. The molecule has 1 fully saturated rings. The van der Waals surface area contributed by atoms with E-state index in [1.54, 1.807) is 6.08 Å². The standard InChI is InChI=1S/C14H18N2O2/c1-12(16(17)18)11-13-5-7-14(8-6-13)15-9-3-2-4-10-15/h5-8,11H,2-4,9-10H2,1H3. The van der Waals surface area contributed by atoms with Gasteiger partial charge in [0.15, 0.2) is 0 Å². The Balaban J connectivity index is 2.09. The molecule has 0 unspecified atom stereocenters. The Labute approximate surface area is 107 Å². The zero-order valence-electron chi connectivity index (χ0n) is 10.6. The van der Waals surface area contributed by atoms with E-state index in [1.165, 1.54) is 31.9 Å². The third-order valence-electron chi connectivity index (χ3n) is 3.28. The predicted molar refractivity (Wildman–Crippen MR) is 73.2 cm³/mol. The molecule has 0 amide bonds. The van der Waals surface area contributed by atoms with Gasteiger partial charge in [0.2, 0.25) is 5.70 Å². The van der Waals surface area contributed by atoms with E-state index in [2.05, 4.69) is 4.90 Å². The van der Waals surface area contributed by atoms with Crippen molar-refractivity contribution in [1.82, 2.24) is 0 Å². The first kappa shape index (κ1) is 12.6. The van der Waals surface area contributed by atoms with Crippen molar-refractivity contribution >= 4 is 11.8 Å². The molecule has 1 aliphatic rings. The highest BCUT2D eigenvalue weighted by Crippen LogP contribution is 2.20. The number of hydrogen-bond acceptors (Lipinski definition) is 3. The summed E-state index contributed by atoms with van der Waals surface area (Å²) in [6.45, 7) is 3.74. The second kappa shape index (κ2) is 5.67. The first-order chi connectivity index (χ1) is 8.66. The molecule has 0 N–H and O–H groups in total. The fourth-order valence-electron chi connectivity index (χ4n) is 2.23. The Morgan fingerprint density at radius 3 is 2.39 bits per heavy atom. The fraction of sp³-hybridized carbons (Fsp3) is 0.429. The van der Waals surface area contributed by atoms with Gasteiger partial charge in [-0.15, -0.1) is 0 Å². The van der Waals surface area contributed by atoms with Gasteiger partial charge in [-0.1, -0.05) is 12.1 Å². The molecule has 0 bridgehead atoms. The van der Waals surface area contributed by atoms with Crippen LogP contribution in [0.1, 0.15) is 31.7 Å². The van der Waals surface area contributed by atoms with E-state index in [9.17, 15) is 10.1 Å². The molecule has 4 heteroatoms. The van der Waals surface area contributed by atoms with Crippen LogP contribution in [-0.2, 0) is 0 Å². The summed E-state index contributed by atoms with van der Waals surface area (Å²) in [5.41, 5.74) is 2.26. The Morgan fingerprint density at radius 2 is 1.83 bits per heavy atom. The maximum atomic E-state index is 10.5. The molecule has 0 radical (unpaired) electrons. The molecule has 0 spiro atoms. The van der Waals surface area contributed by atoms with Crippen LogP contribution in [0.2, 0.25) is 0 Å². The lowest BCUT2D eigenvalue weighted by molar-refractivity contribution is -0.422. The highest BCUT2D eigenvalue weighted by Gasteiger charge is 2.10. The average molecular weight is 246 g/mol. The largest absolute Gasteiger partial charge is 0.372 e. The summed E-state index contributed by atoms with van der Waals surface area (Å²) in [7, 11) is 0. The van der Waals surface area contributed by atoms with Gasteiger partial charge in [-0.05, 0) is 37.0 Å². The van der Waals surface area contributed by atoms with Gasteiger partial charge >= 0.3 is 0 Å². The lowest BCUT2D eigenvalue weighted by Crippen LogP contribution is -2.29. The summed E-state index contributed by atoms with van der Waals surface area (Å²) in [4.78, 5) is 12.6. The van der Waals surface area contributed by atoms with Crippen molar-refractivity contribution in [2.24, 2.45) is 0 Å². The molecular weight excluding hydrogens is 228 g/mol. The van der Waals surface area contributed by atoms with Crippen molar-refractivity contribution < 1.29 is 4.92 Å². The van der Waals surface area contributed by atoms with Crippen molar-refractivity contribution in [1.29, 1.82) is 0 Å². The van der Waals surface area contributed by atoms with E-state index < -0.39 is 0 Å². The topological polar surface area (TPSA) is 46.4 Å². The molecule has 4 nitrogen and oxygen atoms in total. The molecule has 0 aromatic heterocycles. The van der Waals surface area contributed by atoms with E-state index in [-0.39, 0.29) is 10.6 Å². The highest BCUT2D eigenvalue weighted by atomic mass is 16.6. The van der Waals surface area contributed by atoms with Gasteiger partial charge in [-0.25, -0.2) is 0 Å². The van der Waals surface area contributed by atoms with Crippen LogP contribution in [0.4, 0.5) is 5.69 Å². The van der Waals surface area contributed by atoms with Gasteiger partial charge in [0.25, 0.3) is 0 Å². The van der Waals surface area contributed by atoms with Crippen LogP contribution in [-0.4, -0.2) is 18.0 Å². The molecule has 1 saturated heterocycles. The van der Waals surface area contributed by atoms with Crippen LogP contribution in [0.15, 0.2) is 30.0 Å². The predicted octanol–water partition coefficient (Wildman–Crippen LogP) is 3.31. The summed E-state index contributed by atoms with van der Waals surface area (Å²) in [6.07, 6.45) is 5.42. The Kier molecular flexibility index (Phi) is 3.97. The van der Waals surface area contributed by atoms with Gasteiger partial charge in [-0.2, -0.15) is 0 Å². The monoisotopic (exact) mass is 246 g/mol. The molecule has 1 aromatic carbocycles. The van der Waals surface area contributed by atoms with Crippen LogP contribution in [0.5, 0.6) is 0 Å². The third kappa shape index (κ3) is 3.09. The molecule has 1 aliphatic heterocycles. The van der Waals surface area contributed by atoms with E-state index >= 15 is 0 Å². The summed E-state index contributed by atoms with van der Waals surface area (Å²) >= 11 is 0. The third-order valence-corrected chi connectivity index (χ3v) is 3.28. The number of nitro groups is 1. The minimum absolute atomic E-state index is 0.167. The normalized spacial score (nSPS) is 16.7. The quantitative estimate of drug-likeness (QED) is 0.607. The number of anilines is 1.